The van der Waals surface area contributed by atoms with Gasteiger partial charge in [-0.2, -0.15) is 0 Å². The second-order valence-electron chi connectivity index (χ2n) is 5.76. The second-order valence-corrected chi connectivity index (χ2v) is 7.51. The molecule has 2 N–H and O–H groups in total. The van der Waals surface area contributed by atoms with Gasteiger partial charge in [0.2, 0.25) is 10.0 Å². The van der Waals surface area contributed by atoms with Crippen molar-refractivity contribution in [3.8, 4) is 11.5 Å². The molecule has 0 aliphatic carbocycles. The number of rotatable bonds is 7. The monoisotopic (exact) mass is 378 g/mol. The smallest absolute Gasteiger partial charge is 0.251 e. The summed E-state index contributed by atoms with van der Waals surface area (Å²) in [5.41, 5.74) is 1.43. The van der Waals surface area contributed by atoms with Gasteiger partial charge in [-0.25, -0.2) is 8.42 Å². The summed E-state index contributed by atoms with van der Waals surface area (Å²) in [7, 11) is -0.294. The van der Waals surface area contributed by atoms with E-state index < -0.39 is 10.0 Å². The van der Waals surface area contributed by atoms with E-state index in [1.54, 1.807) is 50.6 Å². The van der Waals surface area contributed by atoms with Gasteiger partial charge < -0.3 is 14.8 Å². The molecular formula is C18H22N2O5S. The van der Waals surface area contributed by atoms with E-state index in [4.69, 9.17) is 9.47 Å². The maximum Gasteiger partial charge on any atom is 0.251 e. The van der Waals surface area contributed by atoms with E-state index in [9.17, 15) is 13.2 Å². The molecule has 26 heavy (non-hydrogen) atoms. The van der Waals surface area contributed by atoms with Crippen LogP contribution in [-0.2, 0) is 10.0 Å². The summed E-state index contributed by atoms with van der Waals surface area (Å²) < 4.78 is 35.6. The van der Waals surface area contributed by atoms with E-state index in [1.807, 2.05) is 6.92 Å². The fourth-order valence-corrected chi connectivity index (χ4v) is 3.03. The lowest BCUT2D eigenvalue weighted by Crippen LogP contribution is -2.27. The van der Waals surface area contributed by atoms with Gasteiger partial charge in [-0.05, 0) is 43.3 Å². The third-order valence-electron chi connectivity index (χ3n) is 3.68. The van der Waals surface area contributed by atoms with Crippen LogP contribution >= 0.6 is 0 Å². The van der Waals surface area contributed by atoms with Gasteiger partial charge in [-0.1, -0.05) is 6.07 Å². The number of carbonyl (C=O) groups excluding carboxylic acids is 1. The number of nitrogens with one attached hydrogen (secondary N) is 2. The van der Waals surface area contributed by atoms with Crippen LogP contribution in [-0.4, -0.2) is 34.8 Å². The van der Waals surface area contributed by atoms with Gasteiger partial charge in [0.05, 0.1) is 26.5 Å². The van der Waals surface area contributed by atoms with Crippen LogP contribution in [0.15, 0.2) is 42.5 Å². The quantitative estimate of drug-likeness (QED) is 0.772. The molecule has 0 saturated heterocycles. The lowest BCUT2D eigenvalue weighted by Gasteiger charge is -2.18. The average Bonchev–Trinajstić information content (AvgIpc) is 2.59. The summed E-state index contributed by atoms with van der Waals surface area (Å²) in [5.74, 6) is 0.951. The van der Waals surface area contributed by atoms with Gasteiger partial charge in [-0.3, -0.25) is 9.52 Å². The number of anilines is 1. The van der Waals surface area contributed by atoms with Crippen LogP contribution < -0.4 is 19.5 Å². The average molecular weight is 378 g/mol. The van der Waals surface area contributed by atoms with E-state index >= 15 is 0 Å². The standard InChI is InChI=1S/C18H22N2O5S/c1-12(16-11-15(24-2)8-9-17(16)25-3)19-18(21)13-6-5-7-14(10-13)20-26(4,22)23/h5-12,20H,1-4H3,(H,19,21). The Kier molecular flexibility index (Phi) is 6.10. The van der Waals surface area contributed by atoms with E-state index in [0.717, 1.165) is 11.8 Å². The molecule has 1 unspecified atom stereocenters. The maximum atomic E-state index is 12.5. The molecule has 8 heteroatoms. The molecule has 0 fully saturated rings. The fraction of sp³-hybridized carbons (Fsp3) is 0.278. The zero-order valence-electron chi connectivity index (χ0n) is 15.1. The first-order valence-electron chi connectivity index (χ1n) is 7.84. The van der Waals surface area contributed by atoms with Crippen molar-refractivity contribution in [1.82, 2.24) is 5.32 Å². The van der Waals surface area contributed by atoms with Gasteiger partial charge in [0.1, 0.15) is 11.5 Å². The molecule has 1 amide bonds. The summed E-state index contributed by atoms with van der Waals surface area (Å²) >= 11 is 0. The van der Waals surface area contributed by atoms with Gasteiger partial charge in [0.25, 0.3) is 5.91 Å². The summed E-state index contributed by atoms with van der Waals surface area (Å²) in [6.45, 7) is 1.83. The molecule has 0 spiro atoms. The Bertz CT molecular complexity index is 896. The summed E-state index contributed by atoms with van der Waals surface area (Å²) in [6.07, 6.45) is 1.05. The number of benzene rings is 2. The first-order valence-corrected chi connectivity index (χ1v) is 9.73. The topological polar surface area (TPSA) is 93.7 Å². The van der Waals surface area contributed by atoms with Gasteiger partial charge >= 0.3 is 0 Å². The highest BCUT2D eigenvalue weighted by Crippen LogP contribution is 2.29. The van der Waals surface area contributed by atoms with Crippen LogP contribution in [0.2, 0.25) is 0 Å². The number of methoxy groups -OCH3 is 2. The first kappa shape index (κ1) is 19.6. The van der Waals surface area contributed by atoms with Crippen molar-refractivity contribution in [3.05, 3.63) is 53.6 Å². The van der Waals surface area contributed by atoms with E-state index in [1.165, 1.54) is 6.07 Å². The Hall–Kier alpha value is -2.74. The number of sulfonamides is 1. The molecule has 7 nitrogen and oxygen atoms in total. The Morgan fingerprint density at radius 2 is 1.81 bits per heavy atom. The third kappa shape index (κ3) is 5.13. The second kappa shape index (κ2) is 8.09. The van der Waals surface area contributed by atoms with E-state index in [-0.39, 0.29) is 11.9 Å². The van der Waals surface area contributed by atoms with Crippen molar-refractivity contribution in [1.29, 1.82) is 0 Å². The van der Waals surface area contributed by atoms with Crippen molar-refractivity contribution in [2.75, 3.05) is 25.2 Å². The van der Waals surface area contributed by atoms with Crippen LogP contribution in [0.5, 0.6) is 11.5 Å². The molecule has 0 radical (unpaired) electrons. The minimum Gasteiger partial charge on any atom is -0.497 e. The molecule has 0 aliphatic rings. The molecule has 0 bridgehead atoms. The van der Waals surface area contributed by atoms with Crippen molar-refractivity contribution in [3.63, 3.8) is 0 Å². The predicted octanol–water partition coefficient (Wildman–Crippen LogP) is 2.57. The number of amides is 1. The lowest BCUT2D eigenvalue weighted by atomic mass is 10.1. The van der Waals surface area contributed by atoms with Gasteiger partial charge in [0, 0.05) is 16.8 Å². The highest BCUT2D eigenvalue weighted by Gasteiger charge is 2.17. The summed E-state index contributed by atoms with van der Waals surface area (Å²) in [5, 5.41) is 2.88. The number of hydrogen-bond donors (Lipinski definition) is 2. The predicted molar refractivity (Wildman–Crippen MR) is 100 cm³/mol. The van der Waals surface area contributed by atoms with E-state index in [0.29, 0.717) is 22.7 Å². The highest BCUT2D eigenvalue weighted by atomic mass is 32.2. The third-order valence-corrected chi connectivity index (χ3v) is 4.29. The Balaban J connectivity index is 2.21. The molecule has 0 heterocycles. The molecule has 0 saturated carbocycles. The van der Waals surface area contributed by atoms with Crippen LogP contribution in [0.25, 0.3) is 0 Å². The number of hydrogen-bond acceptors (Lipinski definition) is 5. The summed E-state index contributed by atoms with van der Waals surface area (Å²) in [6, 6.07) is 11.3. The SMILES string of the molecule is COc1ccc(OC)c(C(C)NC(=O)c2cccc(NS(C)(=O)=O)c2)c1. The van der Waals surface area contributed by atoms with Crippen molar-refractivity contribution in [2.45, 2.75) is 13.0 Å². The fourth-order valence-electron chi connectivity index (χ4n) is 2.47. The van der Waals surface area contributed by atoms with Crippen LogP contribution in [0.4, 0.5) is 5.69 Å². The van der Waals surface area contributed by atoms with Crippen molar-refractivity contribution < 1.29 is 22.7 Å². The molecule has 2 aromatic rings. The van der Waals surface area contributed by atoms with Crippen LogP contribution in [0.1, 0.15) is 28.9 Å². The largest absolute Gasteiger partial charge is 0.497 e. The minimum atomic E-state index is -3.41. The Labute approximate surface area is 153 Å². The van der Waals surface area contributed by atoms with Gasteiger partial charge in [0.15, 0.2) is 0 Å². The highest BCUT2D eigenvalue weighted by molar-refractivity contribution is 7.92. The van der Waals surface area contributed by atoms with Crippen LogP contribution in [0.3, 0.4) is 0 Å². The zero-order chi connectivity index (χ0) is 19.3. The van der Waals surface area contributed by atoms with Gasteiger partial charge in [-0.15, -0.1) is 0 Å². The molecule has 2 rings (SSSR count). The van der Waals surface area contributed by atoms with Crippen molar-refractivity contribution >= 4 is 21.6 Å². The molecule has 0 aromatic heterocycles. The normalized spacial score (nSPS) is 12.2. The lowest BCUT2D eigenvalue weighted by molar-refractivity contribution is 0.0939. The molecular weight excluding hydrogens is 356 g/mol. The van der Waals surface area contributed by atoms with Crippen molar-refractivity contribution in [2.24, 2.45) is 0 Å². The minimum absolute atomic E-state index is 0.326. The Morgan fingerprint density at radius 3 is 2.42 bits per heavy atom. The first-order chi connectivity index (χ1) is 12.2. The molecule has 2 aromatic carbocycles. The number of ether oxygens (including phenoxy) is 2. The Morgan fingerprint density at radius 1 is 1.08 bits per heavy atom. The molecule has 0 aliphatic heterocycles. The van der Waals surface area contributed by atoms with E-state index in [2.05, 4.69) is 10.0 Å². The number of carbonyl (C=O) groups is 1. The molecule has 140 valence electrons. The van der Waals surface area contributed by atoms with Crippen LogP contribution in [0, 0.1) is 0 Å². The maximum absolute atomic E-state index is 12.5. The summed E-state index contributed by atoms with van der Waals surface area (Å²) in [4.78, 5) is 12.5. The molecule has 1 atom stereocenters. The zero-order valence-corrected chi connectivity index (χ0v) is 15.9.